The summed E-state index contributed by atoms with van der Waals surface area (Å²) >= 11 is 0. The van der Waals surface area contributed by atoms with Crippen LogP contribution < -0.4 is 0 Å². The van der Waals surface area contributed by atoms with Crippen LogP contribution in [-0.2, 0) is 30.5 Å². The molecule has 1 heterocycles. The van der Waals surface area contributed by atoms with Crippen molar-refractivity contribution in [2.45, 2.75) is 40.3 Å². The van der Waals surface area contributed by atoms with Gasteiger partial charge in [0, 0.05) is 17.9 Å². The molecule has 0 unspecified atom stereocenters. The molecule has 1 saturated heterocycles. The van der Waals surface area contributed by atoms with E-state index in [9.17, 15) is 14.7 Å². The third-order valence-corrected chi connectivity index (χ3v) is 5.30. The lowest BCUT2D eigenvalue weighted by atomic mass is 9.81. The number of aliphatic hydroxyl groups is 1. The molecule has 0 aliphatic carbocycles. The minimum absolute atomic E-state index is 0.0350. The summed E-state index contributed by atoms with van der Waals surface area (Å²) in [4.78, 5) is 31.4. The molecule has 0 bridgehead atoms. The number of rotatable bonds is 9. The molecule has 3 atom stereocenters. The average molecular weight is 408 g/mol. The van der Waals surface area contributed by atoms with Gasteiger partial charge in [0.05, 0.1) is 32.8 Å². The van der Waals surface area contributed by atoms with E-state index < -0.39 is 23.3 Å². The summed E-state index contributed by atoms with van der Waals surface area (Å²) in [5.74, 6) is -1.60. The summed E-state index contributed by atoms with van der Waals surface area (Å²) in [5.41, 5.74) is 0.445. The third kappa shape index (κ3) is 6.01. The Labute approximate surface area is 172 Å². The molecule has 0 radical (unpaired) electrons. The van der Waals surface area contributed by atoms with Gasteiger partial charge >= 0.3 is 11.9 Å². The second-order valence-corrected chi connectivity index (χ2v) is 8.68. The molecule has 1 aromatic carbocycles. The Morgan fingerprint density at radius 1 is 1.21 bits per heavy atom. The Balaban J connectivity index is 2.17. The Bertz CT molecular complexity index is 675. The average Bonchev–Trinajstić information content (AvgIpc) is 3.10. The number of hydroxylamine groups is 2. The Hall–Kier alpha value is -1.96. The largest absolute Gasteiger partial charge is 0.468 e. The van der Waals surface area contributed by atoms with Crippen LogP contribution in [-0.4, -0.2) is 55.0 Å². The number of carbonyl (C=O) groups excluding carboxylic acids is 2. The summed E-state index contributed by atoms with van der Waals surface area (Å²) in [7, 11) is 1.34. The van der Waals surface area contributed by atoms with Gasteiger partial charge in [-0.2, -0.15) is 5.06 Å². The fraction of sp³-hybridized carbons (Fsp3) is 0.636. The fourth-order valence-corrected chi connectivity index (χ4v) is 3.58. The number of hydrogen-bond acceptors (Lipinski definition) is 7. The number of aliphatic hydroxyl groups excluding tert-OH is 1. The van der Waals surface area contributed by atoms with Crippen LogP contribution in [0.25, 0.3) is 0 Å². The highest BCUT2D eigenvalue weighted by Gasteiger charge is 2.52. The zero-order valence-corrected chi connectivity index (χ0v) is 18.0. The van der Waals surface area contributed by atoms with Crippen LogP contribution in [0.3, 0.4) is 0 Å². The van der Waals surface area contributed by atoms with Gasteiger partial charge in [0.2, 0.25) is 0 Å². The molecule has 29 heavy (non-hydrogen) atoms. The van der Waals surface area contributed by atoms with E-state index >= 15 is 0 Å². The molecule has 2 rings (SSSR count). The quantitative estimate of drug-likeness (QED) is 0.629. The molecule has 1 N–H and O–H groups in total. The predicted octanol–water partition coefficient (Wildman–Crippen LogP) is 2.43. The van der Waals surface area contributed by atoms with Crippen molar-refractivity contribution in [1.29, 1.82) is 0 Å². The summed E-state index contributed by atoms with van der Waals surface area (Å²) in [6.07, 6.45) is 0. The van der Waals surface area contributed by atoms with Crippen molar-refractivity contribution in [1.82, 2.24) is 5.06 Å². The zero-order chi connectivity index (χ0) is 21.6. The van der Waals surface area contributed by atoms with Gasteiger partial charge in [-0.1, -0.05) is 58.0 Å². The topological polar surface area (TPSA) is 85.3 Å². The van der Waals surface area contributed by atoms with E-state index in [0.29, 0.717) is 6.61 Å². The maximum atomic E-state index is 12.9. The molecule has 0 amide bonds. The first-order valence-electron chi connectivity index (χ1n) is 9.99. The lowest BCUT2D eigenvalue weighted by Crippen LogP contribution is -2.42. The van der Waals surface area contributed by atoms with E-state index in [4.69, 9.17) is 14.3 Å². The predicted molar refractivity (Wildman–Crippen MR) is 107 cm³/mol. The van der Waals surface area contributed by atoms with Crippen LogP contribution in [0, 0.1) is 23.2 Å². The van der Waals surface area contributed by atoms with Crippen LogP contribution in [0.4, 0.5) is 0 Å². The minimum atomic E-state index is -0.688. The van der Waals surface area contributed by atoms with E-state index in [1.165, 1.54) is 7.11 Å². The van der Waals surface area contributed by atoms with Gasteiger partial charge in [0.1, 0.15) is 6.04 Å². The lowest BCUT2D eigenvalue weighted by Gasteiger charge is -2.28. The van der Waals surface area contributed by atoms with Crippen molar-refractivity contribution in [3.8, 4) is 0 Å². The van der Waals surface area contributed by atoms with Gasteiger partial charge in [0.15, 0.2) is 0 Å². The monoisotopic (exact) mass is 407 g/mol. The Kier molecular flexibility index (Phi) is 8.19. The highest BCUT2D eigenvalue weighted by molar-refractivity contribution is 5.80. The number of methoxy groups -OCH3 is 1. The molecule has 162 valence electrons. The van der Waals surface area contributed by atoms with Crippen LogP contribution in [0.5, 0.6) is 0 Å². The van der Waals surface area contributed by atoms with Crippen molar-refractivity contribution in [2.75, 3.05) is 26.9 Å². The van der Waals surface area contributed by atoms with E-state index in [0.717, 1.165) is 5.56 Å². The number of benzene rings is 1. The van der Waals surface area contributed by atoms with E-state index in [-0.39, 0.29) is 37.6 Å². The highest BCUT2D eigenvalue weighted by Crippen LogP contribution is 2.37. The second-order valence-electron chi connectivity index (χ2n) is 8.68. The summed E-state index contributed by atoms with van der Waals surface area (Å²) in [5, 5.41) is 11.0. The van der Waals surface area contributed by atoms with Crippen LogP contribution in [0.2, 0.25) is 0 Å². The number of hydrogen-bond donors (Lipinski definition) is 1. The maximum Gasteiger partial charge on any atom is 0.325 e. The molecular formula is C22H33NO6. The van der Waals surface area contributed by atoms with Gasteiger partial charge < -0.3 is 14.6 Å². The standard InChI is InChI=1S/C22H33NO6/c1-15(2)18-17(20(25)28-14-22(3,4)13-24)11-23(19(18)21(26)27-5)29-12-16-9-7-6-8-10-16/h6-10,15,17-19,24H,11-14H2,1-5H3/t17-,18+,19+/m0/s1. The Morgan fingerprint density at radius 2 is 1.86 bits per heavy atom. The van der Waals surface area contributed by atoms with Crippen LogP contribution in [0.15, 0.2) is 30.3 Å². The van der Waals surface area contributed by atoms with Crippen molar-refractivity contribution in [3.63, 3.8) is 0 Å². The van der Waals surface area contributed by atoms with E-state index in [1.807, 2.05) is 58.0 Å². The second kappa shape index (κ2) is 10.2. The third-order valence-electron chi connectivity index (χ3n) is 5.30. The zero-order valence-electron chi connectivity index (χ0n) is 18.0. The molecular weight excluding hydrogens is 374 g/mol. The first-order valence-corrected chi connectivity index (χ1v) is 9.99. The normalized spacial score (nSPS) is 22.7. The van der Waals surface area contributed by atoms with Gasteiger partial charge in [-0.25, -0.2) is 0 Å². The molecule has 0 aromatic heterocycles. The molecule has 0 saturated carbocycles. The smallest absolute Gasteiger partial charge is 0.325 e. The van der Waals surface area contributed by atoms with Crippen LogP contribution in [0.1, 0.15) is 33.3 Å². The molecule has 1 aromatic rings. The van der Waals surface area contributed by atoms with E-state index in [2.05, 4.69) is 0 Å². The Morgan fingerprint density at radius 3 is 2.41 bits per heavy atom. The molecule has 7 nitrogen and oxygen atoms in total. The SMILES string of the molecule is COC(=O)[C@H]1[C@H](C(C)C)[C@@H](C(=O)OCC(C)(C)CO)CN1OCc1ccccc1. The first-order chi connectivity index (χ1) is 13.7. The van der Waals surface area contributed by atoms with E-state index in [1.54, 1.807) is 5.06 Å². The first kappa shape index (κ1) is 23.3. The number of ether oxygens (including phenoxy) is 2. The van der Waals surface area contributed by atoms with Gasteiger partial charge in [-0.05, 0) is 11.5 Å². The highest BCUT2D eigenvalue weighted by atomic mass is 16.7. The summed E-state index contributed by atoms with van der Waals surface area (Å²) in [6.45, 7) is 8.14. The van der Waals surface area contributed by atoms with Crippen molar-refractivity contribution < 1.29 is 29.0 Å². The van der Waals surface area contributed by atoms with Gasteiger partial charge in [0.25, 0.3) is 0 Å². The number of esters is 2. The summed E-state index contributed by atoms with van der Waals surface area (Å²) < 4.78 is 10.5. The van der Waals surface area contributed by atoms with Crippen molar-refractivity contribution in [2.24, 2.45) is 23.2 Å². The van der Waals surface area contributed by atoms with Crippen molar-refractivity contribution in [3.05, 3.63) is 35.9 Å². The molecule has 7 heteroatoms. The molecule has 1 aliphatic heterocycles. The molecule has 1 fully saturated rings. The number of nitrogens with zero attached hydrogens (tertiary/aromatic N) is 1. The molecule has 1 aliphatic rings. The fourth-order valence-electron chi connectivity index (χ4n) is 3.58. The maximum absolute atomic E-state index is 12.9. The lowest BCUT2D eigenvalue weighted by molar-refractivity contribution is -0.199. The van der Waals surface area contributed by atoms with Crippen molar-refractivity contribution >= 4 is 11.9 Å². The van der Waals surface area contributed by atoms with Crippen LogP contribution >= 0.6 is 0 Å². The molecule has 0 spiro atoms. The minimum Gasteiger partial charge on any atom is -0.468 e. The van der Waals surface area contributed by atoms with Gasteiger partial charge in [-0.3, -0.25) is 14.4 Å². The number of carbonyl (C=O) groups is 2. The summed E-state index contributed by atoms with van der Waals surface area (Å²) in [6, 6.07) is 8.94. The van der Waals surface area contributed by atoms with Gasteiger partial charge in [-0.15, -0.1) is 0 Å².